The van der Waals surface area contributed by atoms with E-state index in [4.69, 9.17) is 0 Å². The second-order valence-electron chi connectivity index (χ2n) is 20.5. The molecule has 0 fully saturated rings. The highest BCUT2D eigenvalue weighted by Gasteiger charge is 2.52. The topological polar surface area (TPSA) is 0 Å². The fraction of sp³-hybridized carbons (Fsp3) is 0.0833. The quantitative estimate of drug-likeness (QED) is 0.120. The van der Waals surface area contributed by atoms with E-state index in [1.165, 1.54) is 100 Å². The number of fused-ring (bicyclic) bond motifs is 2. The molecule has 17 rings (SSSR count). The highest BCUT2D eigenvalue weighted by atomic mass is 14.5. The molecule has 6 aliphatic rings. The molecule has 0 spiro atoms. The van der Waals surface area contributed by atoms with Crippen LogP contribution >= 0.6 is 0 Å². The molecule has 334 valence electrons. The van der Waals surface area contributed by atoms with Crippen molar-refractivity contribution < 1.29 is 0 Å². The lowest BCUT2D eigenvalue weighted by Crippen LogP contribution is -2.41. The fourth-order valence-electron chi connectivity index (χ4n) is 13.3. The van der Waals surface area contributed by atoms with Crippen LogP contribution in [0.15, 0.2) is 231 Å². The third-order valence-corrected chi connectivity index (χ3v) is 16.7. The number of hydrogen-bond acceptors (Lipinski definition) is 0. The van der Waals surface area contributed by atoms with Gasteiger partial charge in [-0.25, -0.2) is 0 Å². The van der Waals surface area contributed by atoms with E-state index >= 15 is 0 Å². The summed E-state index contributed by atoms with van der Waals surface area (Å²) in [7, 11) is 0. The van der Waals surface area contributed by atoms with E-state index in [1.54, 1.807) is 0 Å². The van der Waals surface area contributed by atoms with Crippen LogP contribution in [-0.2, 0) is 10.8 Å². The van der Waals surface area contributed by atoms with Crippen LogP contribution in [0.4, 0.5) is 0 Å². The van der Waals surface area contributed by atoms with Gasteiger partial charge >= 0.3 is 0 Å². The van der Waals surface area contributed by atoms with Crippen LogP contribution in [0.25, 0.3) is 43.8 Å². The summed E-state index contributed by atoms with van der Waals surface area (Å²) in [6, 6.07) is 86.1. The van der Waals surface area contributed by atoms with Crippen molar-refractivity contribution in [2.45, 2.75) is 36.5 Å². The summed E-state index contributed by atoms with van der Waals surface area (Å²) in [5.41, 5.74) is 23.8. The van der Waals surface area contributed by atoms with Gasteiger partial charge in [0.05, 0.1) is 0 Å². The largest absolute Gasteiger partial charge is 0.107 e. The smallest absolute Gasteiger partial charge is 0.0764 e. The van der Waals surface area contributed by atoms with Gasteiger partial charge < -0.3 is 0 Å². The minimum atomic E-state index is -0.672. The molecule has 0 saturated carbocycles. The summed E-state index contributed by atoms with van der Waals surface area (Å²) in [6.07, 6.45) is 0. The zero-order valence-corrected chi connectivity index (χ0v) is 40.1. The van der Waals surface area contributed by atoms with Crippen LogP contribution in [0, 0.1) is 37.5 Å². The number of hydrogen-bond donors (Lipinski definition) is 0. The monoisotopic (exact) mass is 910 g/mol. The number of aryl methyl sites for hydroxylation is 2. The van der Waals surface area contributed by atoms with Crippen molar-refractivity contribution in [3.63, 3.8) is 0 Å². The minimum absolute atomic E-state index is 0.153. The molecule has 0 amide bonds. The van der Waals surface area contributed by atoms with Gasteiger partial charge in [-0.15, -0.1) is 0 Å². The molecule has 0 radical (unpaired) electrons. The van der Waals surface area contributed by atoms with Crippen molar-refractivity contribution >= 4 is 21.5 Å². The van der Waals surface area contributed by atoms with Crippen molar-refractivity contribution in [2.24, 2.45) is 0 Å². The zero-order chi connectivity index (χ0) is 47.7. The average molecular weight is 911 g/mol. The summed E-state index contributed by atoms with van der Waals surface area (Å²) >= 11 is 0. The van der Waals surface area contributed by atoms with Crippen LogP contribution in [0.1, 0.15) is 101 Å². The molecule has 0 aromatic heterocycles. The van der Waals surface area contributed by atoms with Crippen molar-refractivity contribution in [2.75, 3.05) is 0 Å². The predicted molar refractivity (Wildman–Crippen MR) is 296 cm³/mol. The maximum Gasteiger partial charge on any atom is 0.107 e. The van der Waals surface area contributed by atoms with Gasteiger partial charge in [0.15, 0.2) is 0 Å². The van der Waals surface area contributed by atoms with Crippen molar-refractivity contribution in [1.82, 2.24) is 0 Å². The van der Waals surface area contributed by atoms with Crippen LogP contribution in [-0.4, -0.2) is 0 Å². The second-order valence-corrected chi connectivity index (χ2v) is 20.5. The van der Waals surface area contributed by atoms with E-state index in [1.807, 2.05) is 0 Å². The SMILES string of the molecule is Cc1ccc(-c2ccc3c(c2)C2(C#Cc4cccc5cc6cccc(C#CC78c9ccccc9C(c9ccccc97)c7ccc(-c9ccc(C)cc9)cc78)c6cc45)c4ccccc4C3c3ccccc32)cc1. The first-order chi connectivity index (χ1) is 35.5. The van der Waals surface area contributed by atoms with Gasteiger partial charge in [-0.1, -0.05) is 229 Å². The Hall–Kier alpha value is -8.94. The molecule has 6 aliphatic carbocycles. The maximum atomic E-state index is 4.10. The van der Waals surface area contributed by atoms with Crippen LogP contribution < -0.4 is 0 Å². The van der Waals surface area contributed by atoms with E-state index in [2.05, 4.69) is 268 Å². The van der Waals surface area contributed by atoms with Gasteiger partial charge in [-0.2, -0.15) is 0 Å². The third-order valence-electron chi connectivity index (χ3n) is 16.7. The van der Waals surface area contributed by atoms with E-state index in [-0.39, 0.29) is 11.8 Å². The van der Waals surface area contributed by atoms with Gasteiger partial charge in [-0.05, 0) is 161 Å². The molecule has 4 bridgehead atoms. The van der Waals surface area contributed by atoms with E-state index in [0.717, 1.165) is 32.7 Å². The minimum Gasteiger partial charge on any atom is -0.0764 e. The molecule has 0 heterocycles. The molecule has 11 aromatic carbocycles. The van der Waals surface area contributed by atoms with E-state index in [9.17, 15) is 0 Å². The maximum absolute atomic E-state index is 4.10. The molecule has 0 aliphatic heterocycles. The standard InChI is InChI=1S/C72H46/c1-45-25-29-47(30-26-45)51-33-35-59-67(42-51)71(63-21-7-3-17-55(63)69(59)56-18-4-8-22-64(56)71)39-37-49-13-11-15-53-41-54-16-12-14-50(62(54)44-61(49)53)38-40-72-65-23-9-5-19-57(65)70(58-20-6-10-24-66(58)72)60-36-34-52(43-68(60)72)48-31-27-46(2)28-32-48/h3-36,41-44,69-70H,1-2H3. The van der Waals surface area contributed by atoms with Crippen LogP contribution in [0.3, 0.4) is 0 Å². The third kappa shape index (κ3) is 5.67. The average Bonchev–Trinajstić information content (AvgIpc) is 3.43. The zero-order valence-electron chi connectivity index (χ0n) is 40.1. The molecular formula is C72H46. The number of rotatable bonds is 2. The molecule has 0 atom stereocenters. The lowest BCUT2D eigenvalue weighted by molar-refractivity contribution is 0.666. The van der Waals surface area contributed by atoms with Gasteiger partial charge in [0, 0.05) is 23.0 Å². The van der Waals surface area contributed by atoms with Gasteiger partial charge in [0.1, 0.15) is 10.8 Å². The van der Waals surface area contributed by atoms with Crippen molar-refractivity contribution in [3.8, 4) is 45.9 Å². The van der Waals surface area contributed by atoms with Crippen LogP contribution in [0.2, 0.25) is 0 Å². The summed E-state index contributed by atoms with van der Waals surface area (Å²) in [4.78, 5) is 0. The normalized spacial score (nSPS) is 18.9. The Morgan fingerprint density at radius 2 is 0.639 bits per heavy atom. The lowest BCUT2D eigenvalue weighted by Gasteiger charge is -2.48. The highest BCUT2D eigenvalue weighted by Crippen LogP contribution is 2.61. The summed E-state index contributed by atoms with van der Waals surface area (Å²) < 4.78 is 0. The van der Waals surface area contributed by atoms with Gasteiger partial charge in [0.2, 0.25) is 0 Å². The Morgan fingerprint density at radius 1 is 0.292 bits per heavy atom. The van der Waals surface area contributed by atoms with Gasteiger partial charge in [-0.3, -0.25) is 0 Å². The molecular weight excluding hydrogens is 865 g/mol. The highest BCUT2D eigenvalue weighted by molar-refractivity contribution is 6.03. The van der Waals surface area contributed by atoms with E-state index < -0.39 is 10.8 Å². The molecule has 0 N–H and O–H groups in total. The molecule has 0 unspecified atom stereocenters. The Balaban J connectivity index is 0.931. The Labute approximate surface area is 421 Å². The number of benzene rings is 11. The Bertz CT molecular complexity index is 3880. The Kier molecular flexibility index (Phi) is 8.68. The van der Waals surface area contributed by atoms with E-state index in [0.29, 0.717) is 0 Å². The molecule has 0 saturated heterocycles. The summed E-state index contributed by atoms with van der Waals surface area (Å²) in [5, 5.41) is 4.58. The van der Waals surface area contributed by atoms with Crippen LogP contribution in [0.5, 0.6) is 0 Å². The molecule has 72 heavy (non-hydrogen) atoms. The summed E-state index contributed by atoms with van der Waals surface area (Å²) in [5.74, 6) is 16.4. The van der Waals surface area contributed by atoms with Gasteiger partial charge in [0.25, 0.3) is 0 Å². The second kappa shape index (κ2) is 15.3. The lowest BCUT2D eigenvalue weighted by atomic mass is 9.53. The Morgan fingerprint density at radius 3 is 1.03 bits per heavy atom. The molecule has 11 aromatic rings. The molecule has 0 heteroatoms. The van der Waals surface area contributed by atoms with Crippen molar-refractivity contribution in [3.05, 3.63) is 320 Å². The first kappa shape index (κ1) is 40.9. The first-order valence-electron chi connectivity index (χ1n) is 25.3. The summed E-state index contributed by atoms with van der Waals surface area (Å²) in [6.45, 7) is 4.30. The first-order valence-corrected chi connectivity index (χ1v) is 25.3. The predicted octanol–water partition coefficient (Wildman–Crippen LogP) is 16.3. The fourth-order valence-corrected chi connectivity index (χ4v) is 13.3. The molecule has 0 nitrogen and oxygen atoms in total. The van der Waals surface area contributed by atoms with Crippen molar-refractivity contribution in [1.29, 1.82) is 0 Å².